The molecule has 0 aromatic rings. The molecule has 0 spiro atoms. The first-order valence-electron chi connectivity index (χ1n) is 4.90. The molecular weight excluding hydrogens is 155 g/mol. The Morgan fingerprint density at radius 3 is 2.08 bits per heavy atom. The van der Waals surface area contributed by atoms with Crippen molar-refractivity contribution in [1.82, 2.24) is 0 Å². The molecule has 0 aliphatic heterocycles. The highest BCUT2D eigenvalue weighted by molar-refractivity contribution is 6.23. The molecule has 1 heteroatoms. The molecule has 0 N–H and O–H groups in total. The van der Waals surface area contributed by atoms with Gasteiger partial charge in [-0.05, 0) is 0 Å². The Hall–Kier alpha value is -0.715. The largest absolute Gasteiger partial charge is 0.138 e. The number of hydrogen-bond donors (Lipinski definition) is 0. The summed E-state index contributed by atoms with van der Waals surface area (Å²) in [7, 11) is 2.16. The van der Waals surface area contributed by atoms with Crippen molar-refractivity contribution >= 4 is 7.85 Å². The van der Waals surface area contributed by atoms with Crippen LogP contribution in [0.1, 0.15) is 27.7 Å². The van der Waals surface area contributed by atoms with Gasteiger partial charge in [-0.25, -0.2) is 0 Å². The molecule has 13 heavy (non-hydrogen) atoms. The van der Waals surface area contributed by atoms with Gasteiger partial charge in [-0.2, -0.15) is 0 Å². The summed E-state index contributed by atoms with van der Waals surface area (Å²) in [6.45, 7) is 8.94. The Morgan fingerprint density at radius 2 is 1.46 bits per heavy atom. The fourth-order valence-electron chi connectivity index (χ4n) is 1.51. The van der Waals surface area contributed by atoms with E-state index in [-0.39, 0.29) is 10.8 Å². The summed E-state index contributed by atoms with van der Waals surface area (Å²) in [4.78, 5) is 0. The van der Waals surface area contributed by atoms with Crippen LogP contribution in [-0.2, 0) is 0 Å². The van der Waals surface area contributed by atoms with Crippen LogP contribution in [0, 0.1) is 10.8 Å². The monoisotopic (exact) mass is 174 g/mol. The van der Waals surface area contributed by atoms with Crippen LogP contribution >= 0.6 is 0 Å². The summed E-state index contributed by atoms with van der Waals surface area (Å²) < 4.78 is 0. The molecule has 0 heterocycles. The maximum Gasteiger partial charge on any atom is 0.138 e. The Balaban J connectivity index is 3.10. The minimum absolute atomic E-state index is 0.187. The summed E-state index contributed by atoms with van der Waals surface area (Å²) in [5.74, 6) is 0. The topological polar surface area (TPSA) is 0 Å². The number of hydrogen-bond acceptors (Lipinski definition) is 0. The highest BCUT2D eigenvalue weighted by Gasteiger charge is 2.16. The van der Waals surface area contributed by atoms with Crippen molar-refractivity contribution in [2.24, 2.45) is 10.8 Å². The Kier molecular flexibility index (Phi) is 2.56. The lowest BCUT2D eigenvalue weighted by atomic mass is 9.78. The fourth-order valence-corrected chi connectivity index (χ4v) is 1.51. The van der Waals surface area contributed by atoms with Crippen molar-refractivity contribution in [3.05, 3.63) is 35.9 Å². The summed E-state index contributed by atoms with van der Waals surface area (Å²) in [6, 6.07) is 0. The second kappa shape index (κ2) is 3.21. The van der Waals surface area contributed by atoms with Crippen LogP contribution in [0.25, 0.3) is 0 Å². The molecular formula is C12H19B. The quantitative estimate of drug-likeness (QED) is 0.391. The highest BCUT2D eigenvalue weighted by atomic mass is 14.2. The first-order chi connectivity index (χ1) is 5.81. The van der Waals surface area contributed by atoms with E-state index in [2.05, 4.69) is 65.9 Å². The van der Waals surface area contributed by atoms with E-state index in [1.165, 1.54) is 5.47 Å². The summed E-state index contributed by atoms with van der Waals surface area (Å²) in [5, 5.41) is 0. The molecule has 0 atom stereocenters. The Morgan fingerprint density at radius 1 is 0.923 bits per heavy atom. The van der Waals surface area contributed by atoms with Crippen LogP contribution in [0.15, 0.2) is 35.9 Å². The second-order valence-electron chi connectivity index (χ2n) is 5.20. The van der Waals surface area contributed by atoms with E-state index in [1.807, 2.05) is 0 Å². The lowest BCUT2D eigenvalue weighted by molar-refractivity contribution is 0.575. The average Bonchev–Trinajstić information content (AvgIpc) is 1.96. The van der Waals surface area contributed by atoms with Crippen LogP contribution in [0.5, 0.6) is 0 Å². The predicted molar refractivity (Wildman–Crippen MR) is 62.5 cm³/mol. The third kappa shape index (κ3) is 3.26. The first kappa shape index (κ1) is 10.4. The smallest absolute Gasteiger partial charge is 0.0923 e. The Bertz CT molecular complexity index is 277. The van der Waals surface area contributed by atoms with E-state index in [9.17, 15) is 0 Å². The average molecular weight is 174 g/mol. The van der Waals surface area contributed by atoms with Crippen molar-refractivity contribution in [1.29, 1.82) is 0 Å². The van der Waals surface area contributed by atoms with Crippen molar-refractivity contribution in [2.75, 3.05) is 0 Å². The molecule has 1 aliphatic rings. The van der Waals surface area contributed by atoms with Gasteiger partial charge in [0, 0.05) is 10.8 Å². The van der Waals surface area contributed by atoms with Crippen molar-refractivity contribution in [3.8, 4) is 0 Å². The number of allylic oxidation sites excluding steroid dienone is 6. The van der Waals surface area contributed by atoms with Crippen LogP contribution in [-0.4, -0.2) is 7.85 Å². The van der Waals surface area contributed by atoms with Gasteiger partial charge in [-0.15, -0.1) is 0 Å². The maximum atomic E-state index is 2.30. The molecule has 0 radical (unpaired) electrons. The van der Waals surface area contributed by atoms with E-state index < -0.39 is 0 Å². The molecule has 0 aromatic carbocycles. The number of rotatable bonds is 0. The fraction of sp³-hybridized carbons (Fsp3) is 0.500. The molecule has 0 bridgehead atoms. The lowest BCUT2D eigenvalue weighted by Gasteiger charge is -2.23. The van der Waals surface area contributed by atoms with Gasteiger partial charge in [0.1, 0.15) is 7.85 Å². The standard InChI is InChI=1S/C12H19B/c1-11(2)6-5-10(13)9-12(3,4)8-7-11/h5-9H,13H2,1-4H3/b6-5-,8-7-,10-9+. The van der Waals surface area contributed by atoms with E-state index in [4.69, 9.17) is 0 Å². The van der Waals surface area contributed by atoms with Crippen LogP contribution < -0.4 is 0 Å². The van der Waals surface area contributed by atoms with Crippen molar-refractivity contribution in [2.45, 2.75) is 27.7 Å². The normalized spacial score (nSPS) is 33.7. The molecule has 0 saturated carbocycles. The van der Waals surface area contributed by atoms with Gasteiger partial charge in [0.15, 0.2) is 0 Å². The van der Waals surface area contributed by atoms with E-state index in [1.54, 1.807) is 0 Å². The minimum Gasteiger partial charge on any atom is -0.0923 e. The van der Waals surface area contributed by atoms with Gasteiger partial charge in [0.05, 0.1) is 0 Å². The zero-order valence-electron chi connectivity index (χ0n) is 9.39. The zero-order chi connectivity index (χ0) is 10.1. The summed E-state index contributed by atoms with van der Waals surface area (Å²) >= 11 is 0. The SMILES string of the molecule is BC1=C/C(C)(C)/C=C\C(C)(C)/C=C\1. The summed E-state index contributed by atoms with van der Waals surface area (Å²) in [6.07, 6.45) is 11.3. The molecule has 1 rings (SSSR count). The van der Waals surface area contributed by atoms with Gasteiger partial charge in [-0.1, -0.05) is 63.5 Å². The molecule has 0 amide bonds. The van der Waals surface area contributed by atoms with Crippen molar-refractivity contribution < 1.29 is 0 Å². The molecule has 70 valence electrons. The molecule has 1 aliphatic carbocycles. The molecule has 0 nitrogen and oxygen atoms in total. The van der Waals surface area contributed by atoms with Crippen molar-refractivity contribution in [3.63, 3.8) is 0 Å². The lowest BCUT2D eigenvalue weighted by Crippen LogP contribution is -2.11. The van der Waals surface area contributed by atoms with E-state index >= 15 is 0 Å². The van der Waals surface area contributed by atoms with Gasteiger partial charge < -0.3 is 0 Å². The van der Waals surface area contributed by atoms with Crippen LogP contribution in [0.3, 0.4) is 0 Å². The van der Waals surface area contributed by atoms with Gasteiger partial charge in [-0.3, -0.25) is 0 Å². The molecule has 0 saturated heterocycles. The second-order valence-corrected chi connectivity index (χ2v) is 5.20. The van der Waals surface area contributed by atoms with E-state index in [0.29, 0.717) is 0 Å². The molecule has 0 fully saturated rings. The van der Waals surface area contributed by atoms with Gasteiger partial charge in [0.25, 0.3) is 0 Å². The minimum atomic E-state index is 0.187. The summed E-state index contributed by atoms with van der Waals surface area (Å²) in [5.41, 5.74) is 1.72. The predicted octanol–water partition coefficient (Wildman–Crippen LogP) is 2.68. The maximum absolute atomic E-state index is 2.30. The third-order valence-electron chi connectivity index (χ3n) is 2.32. The van der Waals surface area contributed by atoms with Gasteiger partial charge >= 0.3 is 0 Å². The van der Waals surface area contributed by atoms with E-state index in [0.717, 1.165) is 0 Å². The third-order valence-corrected chi connectivity index (χ3v) is 2.32. The van der Waals surface area contributed by atoms with Gasteiger partial charge in [0.2, 0.25) is 0 Å². The van der Waals surface area contributed by atoms with Crippen LogP contribution in [0.2, 0.25) is 0 Å². The first-order valence-corrected chi connectivity index (χ1v) is 4.90. The Labute approximate surface area is 82.8 Å². The highest BCUT2D eigenvalue weighted by Crippen LogP contribution is 2.29. The zero-order valence-corrected chi connectivity index (χ0v) is 9.39. The van der Waals surface area contributed by atoms with Crippen LogP contribution in [0.4, 0.5) is 0 Å². The molecule has 0 unspecified atom stereocenters. The molecule has 0 aromatic heterocycles.